The molecule has 0 spiro atoms. The van der Waals surface area contributed by atoms with Gasteiger partial charge < -0.3 is 9.88 Å². The van der Waals surface area contributed by atoms with Crippen LogP contribution in [0.15, 0.2) is 35.5 Å². The molecule has 0 saturated carbocycles. The first kappa shape index (κ1) is 17.5. The van der Waals surface area contributed by atoms with Crippen molar-refractivity contribution < 1.29 is 13.3 Å². The van der Waals surface area contributed by atoms with Crippen molar-refractivity contribution in [3.8, 4) is 0 Å². The highest BCUT2D eigenvalue weighted by Crippen LogP contribution is 2.30. The van der Waals surface area contributed by atoms with Crippen LogP contribution in [0.1, 0.15) is 17.4 Å². The summed E-state index contributed by atoms with van der Waals surface area (Å²) in [7, 11) is -1.99. The van der Waals surface area contributed by atoms with E-state index in [-0.39, 0.29) is 10.6 Å². The summed E-state index contributed by atoms with van der Waals surface area (Å²) < 4.78 is 29.6. The first-order chi connectivity index (χ1) is 11.8. The maximum atomic E-state index is 13.2. The smallest absolute Gasteiger partial charge is 0.269 e. The number of aryl methyl sites for hydroxylation is 2. The van der Waals surface area contributed by atoms with Gasteiger partial charge in [0.15, 0.2) is 0 Å². The number of aromatic nitrogens is 2. The molecule has 1 atom stereocenters. The number of nitrogens with one attached hydrogen (secondary N) is 1. The van der Waals surface area contributed by atoms with Crippen LogP contribution >= 0.6 is 0 Å². The fourth-order valence-corrected chi connectivity index (χ4v) is 4.85. The minimum absolute atomic E-state index is 0.0826. The Morgan fingerprint density at radius 3 is 2.76 bits per heavy atom. The molecule has 1 aromatic carbocycles. The van der Waals surface area contributed by atoms with Crippen molar-refractivity contribution in [3.63, 3.8) is 0 Å². The van der Waals surface area contributed by atoms with Crippen LogP contribution in [0.5, 0.6) is 0 Å². The summed E-state index contributed by atoms with van der Waals surface area (Å²) in [5, 5.41) is 14.1. The number of nitro groups is 1. The molecule has 0 bridgehead atoms. The van der Waals surface area contributed by atoms with E-state index in [0.717, 1.165) is 0 Å². The Bertz CT molecular complexity index is 908. The second kappa shape index (κ2) is 6.54. The highest BCUT2D eigenvalue weighted by atomic mass is 32.2. The maximum Gasteiger partial charge on any atom is 0.269 e. The van der Waals surface area contributed by atoms with Gasteiger partial charge in [0.05, 0.1) is 15.9 Å². The van der Waals surface area contributed by atoms with Gasteiger partial charge in [-0.05, 0) is 18.6 Å². The van der Waals surface area contributed by atoms with Gasteiger partial charge in [0.25, 0.3) is 5.69 Å². The molecule has 1 aliphatic rings. The lowest BCUT2D eigenvalue weighted by Crippen LogP contribution is -2.49. The van der Waals surface area contributed by atoms with Crippen LogP contribution in [-0.2, 0) is 17.1 Å². The van der Waals surface area contributed by atoms with Crippen LogP contribution in [0, 0.1) is 17.0 Å². The lowest BCUT2D eigenvalue weighted by atomic mass is 10.2. The van der Waals surface area contributed by atoms with Crippen LogP contribution in [-0.4, -0.2) is 46.8 Å². The van der Waals surface area contributed by atoms with E-state index >= 15 is 0 Å². The number of sulfonamides is 1. The lowest BCUT2D eigenvalue weighted by Gasteiger charge is -2.35. The van der Waals surface area contributed by atoms with E-state index in [1.807, 2.05) is 7.05 Å². The summed E-state index contributed by atoms with van der Waals surface area (Å²) >= 11 is 0. The van der Waals surface area contributed by atoms with Crippen molar-refractivity contribution in [1.82, 2.24) is 19.2 Å². The van der Waals surface area contributed by atoms with Gasteiger partial charge in [-0.25, -0.2) is 13.4 Å². The first-order valence-corrected chi connectivity index (χ1v) is 9.21. The van der Waals surface area contributed by atoms with Crippen LogP contribution in [0.2, 0.25) is 0 Å². The minimum Gasteiger partial charge on any atom is -0.337 e. The summed E-state index contributed by atoms with van der Waals surface area (Å²) in [5.74, 6) is 0.648. The molecule has 1 unspecified atom stereocenters. The summed E-state index contributed by atoms with van der Waals surface area (Å²) in [6.07, 6.45) is 3.40. The standard InChI is InChI=1S/C15H19N5O4S/c1-11-9-12(20(21)22)3-4-14(11)25(23,24)19-8-5-16-10-13(19)15-17-6-7-18(15)2/h3-4,6-7,9,13,16H,5,8,10H2,1-2H3. The number of nitro benzene ring substituents is 1. The third-order valence-electron chi connectivity index (χ3n) is 4.31. The van der Waals surface area contributed by atoms with E-state index in [1.54, 1.807) is 23.9 Å². The molecule has 10 heteroatoms. The molecular weight excluding hydrogens is 346 g/mol. The Balaban J connectivity index is 2.03. The van der Waals surface area contributed by atoms with Crippen LogP contribution in [0.25, 0.3) is 0 Å². The average molecular weight is 365 g/mol. The van der Waals surface area contributed by atoms with Crippen LogP contribution in [0.3, 0.4) is 0 Å². The normalized spacial score (nSPS) is 19.0. The van der Waals surface area contributed by atoms with Crippen molar-refractivity contribution in [2.75, 3.05) is 19.6 Å². The molecule has 1 fully saturated rings. The molecule has 25 heavy (non-hydrogen) atoms. The van der Waals surface area contributed by atoms with Crippen molar-refractivity contribution in [3.05, 3.63) is 52.1 Å². The molecule has 0 radical (unpaired) electrons. The topological polar surface area (TPSA) is 110 Å². The van der Waals surface area contributed by atoms with E-state index in [1.165, 1.54) is 22.5 Å². The van der Waals surface area contributed by atoms with E-state index in [2.05, 4.69) is 10.3 Å². The van der Waals surface area contributed by atoms with Crippen molar-refractivity contribution in [1.29, 1.82) is 0 Å². The fraction of sp³-hybridized carbons (Fsp3) is 0.400. The molecule has 9 nitrogen and oxygen atoms in total. The Morgan fingerprint density at radius 1 is 1.40 bits per heavy atom. The summed E-state index contributed by atoms with van der Waals surface area (Å²) in [6.45, 7) is 2.86. The predicted octanol–water partition coefficient (Wildman–Crippen LogP) is 0.972. The number of benzene rings is 1. The number of hydrogen-bond acceptors (Lipinski definition) is 6. The van der Waals surface area contributed by atoms with Crippen LogP contribution in [0.4, 0.5) is 5.69 Å². The van der Waals surface area contributed by atoms with E-state index in [9.17, 15) is 18.5 Å². The summed E-state index contributed by atoms with van der Waals surface area (Å²) in [6, 6.07) is 3.37. The zero-order valence-electron chi connectivity index (χ0n) is 13.9. The number of non-ortho nitro benzene ring substituents is 1. The zero-order chi connectivity index (χ0) is 18.2. The predicted molar refractivity (Wildman–Crippen MR) is 90.5 cm³/mol. The third kappa shape index (κ3) is 3.15. The third-order valence-corrected chi connectivity index (χ3v) is 6.38. The van der Waals surface area contributed by atoms with Gasteiger partial charge in [-0.15, -0.1) is 0 Å². The molecular formula is C15H19N5O4S. The quantitative estimate of drug-likeness (QED) is 0.638. The summed E-state index contributed by atoms with van der Waals surface area (Å²) in [5.41, 5.74) is 0.226. The molecule has 134 valence electrons. The summed E-state index contributed by atoms with van der Waals surface area (Å²) in [4.78, 5) is 14.7. The van der Waals surface area contributed by atoms with Crippen molar-refractivity contribution >= 4 is 15.7 Å². The van der Waals surface area contributed by atoms with Gasteiger partial charge in [-0.2, -0.15) is 4.31 Å². The SMILES string of the molecule is Cc1cc([N+](=O)[O-])ccc1S(=O)(=O)N1CCNCC1c1nccn1C. The fourth-order valence-electron chi connectivity index (χ4n) is 3.05. The van der Waals surface area contributed by atoms with Gasteiger partial charge in [0, 0.05) is 51.2 Å². The Labute approximate surface area is 145 Å². The van der Waals surface area contributed by atoms with Gasteiger partial charge >= 0.3 is 0 Å². The van der Waals surface area contributed by atoms with Gasteiger partial charge in [0.2, 0.25) is 10.0 Å². The number of imidazole rings is 1. The minimum atomic E-state index is -3.81. The number of hydrogen-bond donors (Lipinski definition) is 1. The monoisotopic (exact) mass is 365 g/mol. The Hall–Kier alpha value is -2.30. The van der Waals surface area contributed by atoms with Gasteiger partial charge in [-0.3, -0.25) is 10.1 Å². The zero-order valence-corrected chi connectivity index (χ0v) is 14.7. The van der Waals surface area contributed by atoms with E-state index in [0.29, 0.717) is 31.0 Å². The molecule has 0 amide bonds. The van der Waals surface area contributed by atoms with E-state index < -0.39 is 21.0 Å². The highest BCUT2D eigenvalue weighted by molar-refractivity contribution is 7.89. The molecule has 1 aromatic heterocycles. The molecule has 1 aliphatic heterocycles. The molecule has 2 aromatic rings. The second-order valence-corrected chi connectivity index (χ2v) is 7.80. The number of rotatable bonds is 4. The van der Waals surface area contributed by atoms with Crippen LogP contribution < -0.4 is 5.32 Å². The molecule has 3 rings (SSSR count). The molecule has 2 heterocycles. The van der Waals surface area contributed by atoms with Crippen molar-refractivity contribution in [2.45, 2.75) is 17.9 Å². The molecule has 1 N–H and O–H groups in total. The van der Waals surface area contributed by atoms with Gasteiger partial charge in [-0.1, -0.05) is 0 Å². The Kier molecular flexibility index (Phi) is 4.58. The molecule has 1 saturated heterocycles. The largest absolute Gasteiger partial charge is 0.337 e. The van der Waals surface area contributed by atoms with Gasteiger partial charge in [0.1, 0.15) is 5.82 Å². The van der Waals surface area contributed by atoms with Crippen molar-refractivity contribution in [2.24, 2.45) is 7.05 Å². The maximum absolute atomic E-state index is 13.2. The lowest BCUT2D eigenvalue weighted by molar-refractivity contribution is -0.385. The average Bonchev–Trinajstić information content (AvgIpc) is 3.00. The highest BCUT2D eigenvalue weighted by Gasteiger charge is 2.37. The number of piperazine rings is 1. The number of nitrogens with zero attached hydrogens (tertiary/aromatic N) is 4. The molecule has 0 aliphatic carbocycles. The first-order valence-electron chi connectivity index (χ1n) is 7.77. The Morgan fingerprint density at radius 2 is 2.16 bits per heavy atom. The van der Waals surface area contributed by atoms with E-state index in [4.69, 9.17) is 0 Å². The second-order valence-electron chi connectivity index (χ2n) is 5.94.